The maximum Gasteiger partial charge on any atom is 0.320 e. The summed E-state index contributed by atoms with van der Waals surface area (Å²) >= 11 is 0. The number of aromatic amines is 1. The van der Waals surface area contributed by atoms with Gasteiger partial charge in [-0.3, -0.25) is 9.59 Å². The van der Waals surface area contributed by atoms with Crippen molar-refractivity contribution >= 4 is 22.7 Å². The lowest BCUT2D eigenvalue weighted by Gasteiger charge is -2.16. The van der Waals surface area contributed by atoms with Gasteiger partial charge in [-0.2, -0.15) is 0 Å². The first-order chi connectivity index (χ1) is 10.9. The molecule has 0 fully saturated rings. The summed E-state index contributed by atoms with van der Waals surface area (Å²) in [5.74, 6) is -1.23. The number of aliphatic carboxylic acids is 1. The highest BCUT2D eigenvalue weighted by atomic mass is 16.4. The summed E-state index contributed by atoms with van der Waals surface area (Å²) in [6, 6.07) is 6.32. The van der Waals surface area contributed by atoms with Crippen molar-refractivity contribution < 1.29 is 14.7 Å². The topological polar surface area (TPSA) is 122 Å². The lowest BCUT2D eigenvalue weighted by Crippen LogP contribution is -2.36. The number of hydrogen-bond acceptors (Lipinski definition) is 4. The number of carbonyl (C=O) groups is 2. The van der Waals surface area contributed by atoms with Crippen LogP contribution >= 0.6 is 0 Å². The van der Waals surface area contributed by atoms with Gasteiger partial charge in [0.05, 0.1) is 6.04 Å². The Morgan fingerprint density at radius 2 is 1.91 bits per heavy atom. The zero-order chi connectivity index (χ0) is 17.0. The zero-order valence-electron chi connectivity index (χ0n) is 13.2. The minimum absolute atomic E-state index is 0.0691. The van der Waals surface area contributed by atoms with E-state index in [1.165, 1.54) is 0 Å². The maximum absolute atomic E-state index is 12.2. The largest absolute Gasteiger partial charge is 0.480 e. The minimum Gasteiger partial charge on any atom is -0.480 e. The predicted octanol–water partition coefficient (Wildman–Crippen LogP) is 1.43. The van der Waals surface area contributed by atoms with Crippen molar-refractivity contribution in [3.8, 4) is 0 Å². The fourth-order valence-corrected chi connectivity index (χ4v) is 2.76. The minimum atomic E-state index is -1.05. The Labute approximate surface area is 134 Å². The summed E-state index contributed by atoms with van der Waals surface area (Å²) in [7, 11) is 0. The molecule has 23 heavy (non-hydrogen) atoms. The number of nitrogens with one attached hydrogen (secondary N) is 1. The number of ketones is 1. The van der Waals surface area contributed by atoms with Crippen molar-refractivity contribution in [2.75, 3.05) is 0 Å². The van der Waals surface area contributed by atoms with Gasteiger partial charge in [-0.1, -0.05) is 25.1 Å². The molecule has 124 valence electrons. The molecule has 6 heteroatoms. The van der Waals surface area contributed by atoms with Gasteiger partial charge in [-0.05, 0) is 30.4 Å². The SMILES string of the molecule is CC(CC(=O)C(N)Cc1c[nH]c2ccccc12)C[C@H](N)C(=O)O. The number of carboxylic acids is 1. The third-order valence-electron chi connectivity index (χ3n) is 4.05. The molecular weight excluding hydrogens is 294 g/mol. The Bertz CT molecular complexity index is 695. The van der Waals surface area contributed by atoms with Crippen molar-refractivity contribution in [3.63, 3.8) is 0 Å². The number of rotatable bonds is 8. The molecule has 1 aromatic carbocycles. The molecule has 6 N–H and O–H groups in total. The highest BCUT2D eigenvalue weighted by Crippen LogP contribution is 2.20. The summed E-state index contributed by atoms with van der Waals surface area (Å²) in [4.78, 5) is 26.2. The molecule has 0 saturated heterocycles. The molecule has 0 radical (unpaired) electrons. The molecule has 0 bridgehead atoms. The number of H-pyrrole nitrogens is 1. The molecule has 0 amide bonds. The zero-order valence-corrected chi connectivity index (χ0v) is 13.2. The molecule has 1 heterocycles. The second kappa shape index (κ2) is 7.39. The Hall–Kier alpha value is -2.18. The fourth-order valence-electron chi connectivity index (χ4n) is 2.76. The average molecular weight is 317 g/mol. The molecule has 2 unspecified atom stereocenters. The second-order valence-corrected chi connectivity index (χ2v) is 6.13. The van der Waals surface area contributed by atoms with Gasteiger partial charge in [0.1, 0.15) is 11.8 Å². The van der Waals surface area contributed by atoms with Gasteiger partial charge in [0.25, 0.3) is 0 Å². The molecule has 1 aromatic heterocycles. The number of fused-ring (bicyclic) bond motifs is 1. The van der Waals surface area contributed by atoms with Gasteiger partial charge in [0.2, 0.25) is 0 Å². The average Bonchev–Trinajstić information content (AvgIpc) is 2.90. The number of carboxylic acid groups (broad SMARTS) is 1. The van der Waals surface area contributed by atoms with Crippen LogP contribution in [0.25, 0.3) is 10.9 Å². The number of carbonyl (C=O) groups excluding carboxylic acids is 1. The van der Waals surface area contributed by atoms with Crippen molar-refractivity contribution in [3.05, 3.63) is 36.0 Å². The van der Waals surface area contributed by atoms with Gasteiger partial charge in [0, 0.05) is 23.5 Å². The Balaban J connectivity index is 1.93. The van der Waals surface area contributed by atoms with E-state index in [0.717, 1.165) is 16.5 Å². The van der Waals surface area contributed by atoms with Crippen LogP contribution < -0.4 is 11.5 Å². The first-order valence-corrected chi connectivity index (χ1v) is 7.70. The van der Waals surface area contributed by atoms with Gasteiger partial charge in [-0.25, -0.2) is 0 Å². The van der Waals surface area contributed by atoms with E-state index in [4.69, 9.17) is 16.6 Å². The molecule has 0 aliphatic carbocycles. The highest BCUT2D eigenvalue weighted by molar-refractivity contribution is 5.87. The monoisotopic (exact) mass is 317 g/mol. The third-order valence-corrected chi connectivity index (χ3v) is 4.05. The van der Waals surface area contributed by atoms with Crippen molar-refractivity contribution in [2.45, 2.75) is 38.3 Å². The molecule has 2 aromatic rings. The van der Waals surface area contributed by atoms with E-state index in [9.17, 15) is 9.59 Å². The fraction of sp³-hybridized carbons (Fsp3) is 0.412. The Kier molecular flexibility index (Phi) is 5.52. The van der Waals surface area contributed by atoms with Crippen LogP contribution in [0.1, 0.15) is 25.3 Å². The lowest BCUT2D eigenvalue weighted by atomic mass is 9.92. The smallest absolute Gasteiger partial charge is 0.320 e. The Morgan fingerprint density at radius 1 is 1.22 bits per heavy atom. The summed E-state index contributed by atoms with van der Waals surface area (Å²) < 4.78 is 0. The predicted molar refractivity (Wildman–Crippen MR) is 89.0 cm³/mol. The van der Waals surface area contributed by atoms with Crippen LogP contribution in [-0.4, -0.2) is 33.9 Å². The number of nitrogens with two attached hydrogens (primary N) is 2. The van der Waals surface area contributed by atoms with Crippen molar-refractivity contribution in [1.29, 1.82) is 0 Å². The van der Waals surface area contributed by atoms with Crippen LogP contribution in [0.3, 0.4) is 0 Å². The van der Waals surface area contributed by atoms with E-state index >= 15 is 0 Å². The molecular formula is C17H23N3O3. The molecule has 6 nitrogen and oxygen atoms in total. The van der Waals surface area contributed by atoms with Gasteiger partial charge in [-0.15, -0.1) is 0 Å². The summed E-state index contributed by atoms with van der Waals surface area (Å²) in [5.41, 5.74) is 13.5. The summed E-state index contributed by atoms with van der Waals surface area (Å²) in [6.07, 6.45) is 2.84. The van der Waals surface area contributed by atoms with E-state index in [1.807, 2.05) is 37.4 Å². The molecule has 0 aliphatic rings. The summed E-state index contributed by atoms with van der Waals surface area (Å²) in [6.45, 7) is 1.82. The highest BCUT2D eigenvalue weighted by Gasteiger charge is 2.21. The van der Waals surface area contributed by atoms with Gasteiger partial charge >= 0.3 is 5.97 Å². The molecule has 0 saturated carbocycles. The van der Waals surface area contributed by atoms with Crippen molar-refractivity contribution in [1.82, 2.24) is 4.98 Å². The number of hydrogen-bond donors (Lipinski definition) is 4. The van der Waals surface area contributed by atoms with Crippen LogP contribution in [0.2, 0.25) is 0 Å². The van der Waals surface area contributed by atoms with Crippen LogP contribution in [0.5, 0.6) is 0 Å². The van der Waals surface area contributed by atoms with Crippen LogP contribution in [0.4, 0.5) is 0 Å². The van der Waals surface area contributed by atoms with E-state index in [-0.39, 0.29) is 24.5 Å². The normalized spacial score (nSPS) is 15.3. The lowest BCUT2D eigenvalue weighted by molar-refractivity contribution is -0.139. The van der Waals surface area contributed by atoms with Crippen LogP contribution in [0, 0.1) is 5.92 Å². The maximum atomic E-state index is 12.2. The summed E-state index contributed by atoms with van der Waals surface area (Å²) in [5, 5.41) is 9.87. The van der Waals surface area contributed by atoms with Gasteiger partial charge in [0.15, 0.2) is 0 Å². The van der Waals surface area contributed by atoms with Crippen molar-refractivity contribution in [2.24, 2.45) is 17.4 Å². The van der Waals surface area contributed by atoms with E-state index in [0.29, 0.717) is 6.42 Å². The number of Topliss-reactive ketones (excluding diaryl/α,β-unsaturated/α-hetero) is 1. The third kappa shape index (κ3) is 4.40. The second-order valence-electron chi connectivity index (χ2n) is 6.13. The molecule has 0 spiro atoms. The quantitative estimate of drug-likeness (QED) is 0.586. The first-order valence-electron chi connectivity index (χ1n) is 7.70. The number of para-hydroxylation sites is 1. The first kappa shape index (κ1) is 17.2. The number of aromatic nitrogens is 1. The van der Waals surface area contributed by atoms with E-state index < -0.39 is 18.1 Å². The van der Waals surface area contributed by atoms with Crippen LogP contribution in [-0.2, 0) is 16.0 Å². The standard InChI is InChI=1S/C17H23N3O3/c1-10(6-14(19)17(22)23)7-16(21)13(18)8-11-9-20-15-5-3-2-4-12(11)15/h2-5,9-10,13-14,20H,6-8,18-19H2,1H3,(H,22,23)/t10?,13?,14-/m0/s1. The van der Waals surface area contributed by atoms with Crippen LogP contribution in [0.15, 0.2) is 30.5 Å². The van der Waals surface area contributed by atoms with E-state index in [1.54, 1.807) is 0 Å². The number of benzene rings is 1. The molecule has 0 aliphatic heterocycles. The van der Waals surface area contributed by atoms with E-state index in [2.05, 4.69) is 4.98 Å². The Morgan fingerprint density at radius 3 is 2.61 bits per heavy atom. The molecule has 3 atom stereocenters. The molecule has 2 rings (SSSR count). The van der Waals surface area contributed by atoms with Gasteiger partial charge < -0.3 is 21.6 Å².